The van der Waals surface area contributed by atoms with E-state index in [0.29, 0.717) is 35.3 Å². The van der Waals surface area contributed by atoms with Gasteiger partial charge in [-0.15, -0.1) is 5.10 Å². The van der Waals surface area contributed by atoms with E-state index in [-0.39, 0.29) is 5.56 Å². The third-order valence-electron chi connectivity index (χ3n) is 6.22. The van der Waals surface area contributed by atoms with E-state index >= 15 is 0 Å². The zero-order chi connectivity index (χ0) is 26.3. The number of nitrogens with one attached hydrogen (secondary N) is 1. The van der Waals surface area contributed by atoms with Crippen LogP contribution in [0.2, 0.25) is 5.02 Å². The van der Waals surface area contributed by atoms with E-state index in [9.17, 15) is 4.79 Å². The second-order valence-corrected chi connectivity index (χ2v) is 9.31. The number of halogens is 1. The summed E-state index contributed by atoms with van der Waals surface area (Å²) < 4.78 is 7.99. The average molecular weight is 527 g/mol. The third kappa shape index (κ3) is 5.81. The number of aromatic amines is 1. The molecule has 0 aliphatic rings. The normalized spacial score (nSPS) is 11.8. The molecular formula is C29H27ClN6O2. The van der Waals surface area contributed by atoms with Crippen molar-refractivity contribution < 1.29 is 4.74 Å². The zero-order valence-electron chi connectivity index (χ0n) is 20.9. The van der Waals surface area contributed by atoms with Gasteiger partial charge in [-0.1, -0.05) is 85.6 Å². The van der Waals surface area contributed by atoms with Crippen molar-refractivity contribution in [3.8, 4) is 17.0 Å². The Labute approximate surface area is 225 Å². The molecule has 2 aromatic heterocycles. The first-order valence-electron chi connectivity index (χ1n) is 12.5. The van der Waals surface area contributed by atoms with Gasteiger partial charge in [-0.25, -0.2) is 10.1 Å². The van der Waals surface area contributed by atoms with E-state index in [2.05, 4.69) is 27.5 Å². The van der Waals surface area contributed by atoms with Crippen molar-refractivity contribution in [2.45, 2.75) is 38.8 Å². The van der Waals surface area contributed by atoms with Gasteiger partial charge < -0.3 is 4.74 Å². The van der Waals surface area contributed by atoms with Gasteiger partial charge in [0.25, 0.3) is 5.56 Å². The smallest absolute Gasteiger partial charge is 0.254 e. The summed E-state index contributed by atoms with van der Waals surface area (Å²) in [5.74, 6) is 1.92. The number of tetrazole rings is 1. The fourth-order valence-corrected chi connectivity index (χ4v) is 4.47. The first-order valence-corrected chi connectivity index (χ1v) is 12.9. The molecule has 5 aromatic rings. The molecule has 1 N–H and O–H groups in total. The van der Waals surface area contributed by atoms with Gasteiger partial charge in [-0.05, 0) is 40.6 Å². The third-order valence-corrected chi connectivity index (χ3v) is 6.55. The van der Waals surface area contributed by atoms with Gasteiger partial charge in [-0.2, -0.15) is 0 Å². The van der Waals surface area contributed by atoms with E-state index in [4.69, 9.17) is 21.3 Å². The Morgan fingerprint density at radius 2 is 1.76 bits per heavy atom. The van der Waals surface area contributed by atoms with Gasteiger partial charge in [-0.3, -0.25) is 9.36 Å². The van der Waals surface area contributed by atoms with Gasteiger partial charge in [0.2, 0.25) is 0 Å². The van der Waals surface area contributed by atoms with Crippen LogP contribution in [0.3, 0.4) is 0 Å². The number of ether oxygens (including phenoxy) is 1. The van der Waals surface area contributed by atoms with Gasteiger partial charge in [0, 0.05) is 28.6 Å². The molecule has 2 heterocycles. The predicted molar refractivity (Wildman–Crippen MR) is 146 cm³/mol. The van der Waals surface area contributed by atoms with E-state index in [1.165, 1.54) is 0 Å². The van der Waals surface area contributed by atoms with Crippen LogP contribution < -0.4 is 10.3 Å². The van der Waals surface area contributed by atoms with E-state index in [0.717, 1.165) is 35.4 Å². The Morgan fingerprint density at radius 1 is 1.00 bits per heavy atom. The lowest BCUT2D eigenvalue weighted by Gasteiger charge is -2.17. The highest BCUT2D eigenvalue weighted by Crippen LogP contribution is 2.27. The van der Waals surface area contributed by atoms with Crippen molar-refractivity contribution in [2.24, 2.45) is 0 Å². The number of rotatable bonds is 10. The first kappa shape index (κ1) is 25.4. The summed E-state index contributed by atoms with van der Waals surface area (Å²) in [4.78, 5) is 18.1. The van der Waals surface area contributed by atoms with Crippen molar-refractivity contribution >= 4 is 11.6 Å². The summed E-state index contributed by atoms with van der Waals surface area (Å²) in [6.45, 7) is 2.53. The lowest BCUT2D eigenvalue weighted by Crippen LogP contribution is -2.25. The van der Waals surface area contributed by atoms with Gasteiger partial charge >= 0.3 is 0 Å². The van der Waals surface area contributed by atoms with Crippen molar-refractivity contribution in [3.05, 3.63) is 123 Å². The zero-order valence-corrected chi connectivity index (χ0v) is 21.7. The van der Waals surface area contributed by atoms with Crippen LogP contribution in [0.1, 0.15) is 48.6 Å². The summed E-state index contributed by atoms with van der Waals surface area (Å²) >= 11 is 6.39. The first-order chi connectivity index (χ1) is 18.6. The number of nitrogens with zero attached hydrogens (tertiary/aromatic N) is 5. The highest BCUT2D eigenvalue weighted by molar-refractivity contribution is 6.33. The molecule has 5 rings (SSSR count). The molecule has 0 amide bonds. The minimum Gasteiger partial charge on any atom is -0.478 e. The molecule has 38 heavy (non-hydrogen) atoms. The maximum Gasteiger partial charge on any atom is 0.254 e. The summed E-state index contributed by atoms with van der Waals surface area (Å²) in [5, 5.41) is 14.8. The molecule has 0 saturated heterocycles. The topological polar surface area (TPSA) is 98.6 Å². The number of aromatic nitrogens is 6. The number of H-pyrrole nitrogens is 1. The predicted octanol–water partition coefficient (Wildman–Crippen LogP) is 5.64. The molecule has 9 heteroatoms. The number of hydrogen-bond acceptors (Lipinski definition) is 6. The summed E-state index contributed by atoms with van der Waals surface area (Å²) in [6.07, 6.45) is 2.15. The Morgan fingerprint density at radius 3 is 2.47 bits per heavy atom. The molecule has 8 nitrogen and oxygen atoms in total. The van der Waals surface area contributed by atoms with Crippen LogP contribution in [-0.2, 0) is 13.0 Å². The Kier molecular flexibility index (Phi) is 7.89. The lowest BCUT2D eigenvalue weighted by atomic mass is 10.1. The highest BCUT2D eigenvalue weighted by Gasteiger charge is 2.20. The van der Waals surface area contributed by atoms with Crippen molar-refractivity contribution in [1.29, 1.82) is 0 Å². The van der Waals surface area contributed by atoms with Gasteiger partial charge in [0.1, 0.15) is 11.6 Å². The molecule has 0 spiro atoms. The fraction of sp³-hybridized carbons (Fsp3) is 0.207. The van der Waals surface area contributed by atoms with E-state index in [1.807, 2.05) is 72.8 Å². The molecule has 192 valence electrons. The SMILES string of the molecule is CCCCc1nc(-c2ccccc2Cl)cc(=O)n1Cc1ccc(OC(c2ccccc2)c2nnn[nH]2)cc1. The molecule has 0 bridgehead atoms. The summed E-state index contributed by atoms with van der Waals surface area (Å²) in [5.41, 5.74) is 3.13. The van der Waals surface area contributed by atoms with Crippen LogP contribution in [0.5, 0.6) is 5.75 Å². The Balaban J connectivity index is 1.40. The molecule has 3 aromatic carbocycles. The minimum atomic E-state index is -0.484. The molecule has 1 unspecified atom stereocenters. The maximum absolute atomic E-state index is 13.2. The van der Waals surface area contributed by atoms with Crippen LogP contribution in [0.15, 0.2) is 89.7 Å². The fourth-order valence-electron chi connectivity index (χ4n) is 4.23. The standard InChI is InChI=1S/C29H27ClN6O2/c1-2-3-13-26-31-25(23-11-7-8-12-24(23)30)18-27(37)36(26)19-20-14-16-22(17-15-20)38-28(29-32-34-35-33-29)21-9-5-4-6-10-21/h4-12,14-18,28H,2-3,13,19H2,1H3,(H,32,33,34,35). The van der Waals surface area contributed by atoms with Crippen LogP contribution >= 0.6 is 11.6 Å². The number of hydrogen-bond donors (Lipinski definition) is 1. The van der Waals surface area contributed by atoms with Crippen molar-refractivity contribution in [3.63, 3.8) is 0 Å². The molecule has 0 saturated carbocycles. The molecule has 0 aliphatic heterocycles. The van der Waals surface area contributed by atoms with E-state index in [1.54, 1.807) is 16.7 Å². The second kappa shape index (κ2) is 11.8. The highest BCUT2D eigenvalue weighted by atomic mass is 35.5. The van der Waals surface area contributed by atoms with Crippen molar-refractivity contribution in [2.75, 3.05) is 0 Å². The minimum absolute atomic E-state index is 0.108. The average Bonchev–Trinajstić information content (AvgIpc) is 3.48. The summed E-state index contributed by atoms with van der Waals surface area (Å²) in [7, 11) is 0. The molecular weight excluding hydrogens is 500 g/mol. The molecule has 1 atom stereocenters. The Hall–Kier alpha value is -4.30. The molecule has 0 fully saturated rings. The maximum atomic E-state index is 13.2. The van der Waals surface area contributed by atoms with Crippen molar-refractivity contribution in [1.82, 2.24) is 30.2 Å². The van der Waals surface area contributed by atoms with Crippen LogP contribution in [-0.4, -0.2) is 30.2 Å². The van der Waals surface area contributed by atoms with Crippen LogP contribution in [0.25, 0.3) is 11.3 Å². The van der Waals surface area contributed by atoms with Crippen LogP contribution in [0, 0.1) is 0 Å². The number of benzene rings is 3. The van der Waals surface area contributed by atoms with Gasteiger partial charge in [0.15, 0.2) is 11.9 Å². The number of aryl methyl sites for hydroxylation is 1. The largest absolute Gasteiger partial charge is 0.478 e. The Bertz CT molecular complexity index is 1540. The van der Waals surface area contributed by atoms with E-state index < -0.39 is 6.10 Å². The molecule has 0 aliphatic carbocycles. The molecule has 0 radical (unpaired) electrons. The summed E-state index contributed by atoms with van der Waals surface area (Å²) in [6, 6.07) is 26.4. The monoisotopic (exact) mass is 526 g/mol. The second-order valence-electron chi connectivity index (χ2n) is 8.90. The van der Waals surface area contributed by atoms with Gasteiger partial charge in [0.05, 0.1) is 12.2 Å². The number of unbranched alkanes of at least 4 members (excludes halogenated alkanes) is 1. The lowest BCUT2D eigenvalue weighted by molar-refractivity contribution is 0.237. The quantitative estimate of drug-likeness (QED) is 0.253. The van der Waals surface area contributed by atoms with Crippen LogP contribution in [0.4, 0.5) is 0 Å².